The number of amides is 3. The number of anilines is 2. The molecule has 2 unspecified atom stereocenters. The molecule has 0 spiro atoms. The van der Waals surface area contributed by atoms with E-state index >= 15 is 0 Å². The number of benzene rings is 2. The van der Waals surface area contributed by atoms with Crippen molar-refractivity contribution in [3.63, 3.8) is 0 Å². The molecule has 13 heteroatoms. The van der Waals surface area contributed by atoms with Gasteiger partial charge in [-0.05, 0) is 55.0 Å². The minimum Gasteiger partial charge on any atom is -0.335 e. The highest BCUT2D eigenvalue weighted by Gasteiger charge is 2.34. The van der Waals surface area contributed by atoms with Crippen LogP contribution in [0, 0.1) is 29.3 Å². The first-order valence-electron chi connectivity index (χ1n) is 13.7. The van der Waals surface area contributed by atoms with Gasteiger partial charge in [-0.2, -0.15) is 0 Å². The number of carbonyl (C=O) groups excluding carboxylic acids is 2. The molecular weight excluding hydrogens is 605 g/mol. The van der Waals surface area contributed by atoms with Crippen LogP contribution in [0.5, 0.6) is 0 Å². The van der Waals surface area contributed by atoms with E-state index in [1.165, 1.54) is 18.3 Å². The molecular formula is C30H34ClF3N4O4S. The Kier molecular flexibility index (Phi) is 11.6. The fourth-order valence-electron chi connectivity index (χ4n) is 4.87. The molecule has 0 fully saturated rings. The van der Waals surface area contributed by atoms with Crippen LogP contribution in [0.3, 0.4) is 0 Å². The highest BCUT2D eigenvalue weighted by atomic mass is 35.5. The number of rotatable bonds is 12. The molecule has 0 saturated carbocycles. The van der Waals surface area contributed by atoms with Crippen molar-refractivity contribution in [3.05, 3.63) is 82.9 Å². The van der Waals surface area contributed by atoms with E-state index in [0.29, 0.717) is 24.2 Å². The van der Waals surface area contributed by atoms with E-state index in [1.54, 1.807) is 25.3 Å². The third kappa shape index (κ3) is 8.47. The van der Waals surface area contributed by atoms with E-state index in [9.17, 15) is 31.2 Å². The van der Waals surface area contributed by atoms with Gasteiger partial charge >= 0.3 is 6.03 Å². The van der Waals surface area contributed by atoms with Gasteiger partial charge < -0.3 is 16.0 Å². The summed E-state index contributed by atoms with van der Waals surface area (Å²) in [5.41, 5.74) is 0.0272. The molecule has 3 atom stereocenters. The molecule has 0 saturated heterocycles. The zero-order chi connectivity index (χ0) is 31.9. The molecule has 232 valence electrons. The van der Waals surface area contributed by atoms with Gasteiger partial charge in [0.2, 0.25) is 0 Å². The van der Waals surface area contributed by atoms with E-state index in [1.807, 2.05) is 20.8 Å². The van der Waals surface area contributed by atoms with Gasteiger partial charge in [0.25, 0.3) is 5.91 Å². The zero-order valence-electron chi connectivity index (χ0n) is 24.1. The summed E-state index contributed by atoms with van der Waals surface area (Å²) < 4.78 is 68.3. The predicted molar refractivity (Wildman–Crippen MR) is 160 cm³/mol. The molecule has 8 nitrogen and oxygen atoms in total. The monoisotopic (exact) mass is 638 g/mol. The summed E-state index contributed by atoms with van der Waals surface area (Å²) >= 11 is 6.31. The van der Waals surface area contributed by atoms with E-state index in [4.69, 9.17) is 11.6 Å². The number of nitrogens with one attached hydrogen (secondary N) is 3. The standard InChI is InChI=1S/C30H34ClF3N4O4S/c1-5-18(28(17(3)4)38-30(40)37-20-8-7-11-35-16-20)12-22(6-2)43(41,42)26-13-19(9-10-23(26)31)29(39)36-21-14-24(32)27(34)25(33)15-21/h7-11,13-18,22,28H,5-6,12H2,1-4H3,(H,36,39)(H2,37,38,40)/t18?,22-,28?/m0/s1. The summed E-state index contributed by atoms with van der Waals surface area (Å²) in [4.78, 5) is 29.3. The lowest BCUT2D eigenvalue weighted by Gasteiger charge is -2.33. The molecule has 3 aromatic rings. The molecule has 0 bridgehead atoms. The number of hydrogen-bond donors (Lipinski definition) is 3. The average molecular weight is 639 g/mol. The minimum absolute atomic E-state index is 0.0263. The maximum absolute atomic E-state index is 13.9. The molecule has 0 aliphatic heterocycles. The fraction of sp³-hybridized carbons (Fsp3) is 0.367. The van der Waals surface area contributed by atoms with Crippen molar-refractivity contribution in [2.75, 3.05) is 10.6 Å². The second kappa shape index (κ2) is 14.7. The van der Waals surface area contributed by atoms with E-state index < -0.39 is 44.5 Å². The number of aromatic nitrogens is 1. The molecule has 0 aliphatic carbocycles. The number of carbonyl (C=O) groups is 2. The number of pyridine rings is 1. The van der Waals surface area contributed by atoms with Crippen LogP contribution in [0.4, 0.5) is 29.3 Å². The second-order valence-corrected chi connectivity index (χ2v) is 13.0. The Morgan fingerprint density at radius 3 is 2.19 bits per heavy atom. The largest absolute Gasteiger partial charge is 0.335 e. The number of halogens is 4. The van der Waals surface area contributed by atoms with Crippen LogP contribution in [0.1, 0.15) is 57.3 Å². The quantitative estimate of drug-likeness (QED) is 0.181. The zero-order valence-corrected chi connectivity index (χ0v) is 25.7. The van der Waals surface area contributed by atoms with Gasteiger partial charge in [0, 0.05) is 35.6 Å². The second-order valence-electron chi connectivity index (χ2n) is 10.4. The van der Waals surface area contributed by atoms with Gasteiger partial charge in [0.15, 0.2) is 27.3 Å². The highest BCUT2D eigenvalue weighted by molar-refractivity contribution is 7.92. The van der Waals surface area contributed by atoms with Gasteiger partial charge in [-0.25, -0.2) is 26.4 Å². The normalized spacial score (nSPS) is 13.7. The van der Waals surface area contributed by atoms with Crippen molar-refractivity contribution < 1.29 is 31.2 Å². The molecule has 2 aromatic carbocycles. The van der Waals surface area contributed by atoms with Gasteiger partial charge in [-0.15, -0.1) is 0 Å². The van der Waals surface area contributed by atoms with Gasteiger partial charge in [-0.1, -0.05) is 45.7 Å². The lowest BCUT2D eigenvalue weighted by Crippen LogP contribution is -2.46. The van der Waals surface area contributed by atoms with Crippen LogP contribution in [0.25, 0.3) is 0 Å². The Morgan fingerprint density at radius 1 is 0.953 bits per heavy atom. The third-order valence-electron chi connectivity index (χ3n) is 7.17. The molecule has 1 aromatic heterocycles. The van der Waals surface area contributed by atoms with Crippen LogP contribution in [-0.2, 0) is 9.84 Å². The van der Waals surface area contributed by atoms with Crippen molar-refractivity contribution >= 4 is 44.8 Å². The van der Waals surface area contributed by atoms with E-state index in [0.717, 1.165) is 6.07 Å². The van der Waals surface area contributed by atoms with E-state index in [2.05, 4.69) is 20.9 Å². The van der Waals surface area contributed by atoms with Gasteiger partial charge in [0.05, 0.1) is 27.1 Å². The topological polar surface area (TPSA) is 117 Å². The van der Waals surface area contributed by atoms with Crippen LogP contribution in [0.15, 0.2) is 59.8 Å². The summed E-state index contributed by atoms with van der Waals surface area (Å²) in [6, 6.07) is 7.42. The Hall–Kier alpha value is -3.64. The Balaban J connectivity index is 1.83. The highest BCUT2D eigenvalue weighted by Crippen LogP contribution is 2.33. The van der Waals surface area contributed by atoms with Gasteiger partial charge in [-0.3, -0.25) is 9.78 Å². The number of nitrogens with zero attached hydrogens (tertiary/aromatic N) is 1. The van der Waals surface area contributed by atoms with Gasteiger partial charge in [0.1, 0.15) is 0 Å². The van der Waals surface area contributed by atoms with Crippen molar-refractivity contribution in [2.24, 2.45) is 11.8 Å². The van der Waals surface area contributed by atoms with Crippen molar-refractivity contribution in [1.82, 2.24) is 10.3 Å². The smallest absolute Gasteiger partial charge is 0.319 e. The maximum Gasteiger partial charge on any atom is 0.319 e. The molecule has 1 heterocycles. The van der Waals surface area contributed by atoms with Crippen LogP contribution in [0.2, 0.25) is 5.02 Å². The first-order valence-corrected chi connectivity index (χ1v) is 15.7. The third-order valence-corrected chi connectivity index (χ3v) is 9.96. The number of sulfone groups is 1. The van der Waals surface area contributed by atoms with E-state index in [-0.39, 0.29) is 51.9 Å². The molecule has 0 radical (unpaired) electrons. The number of urea groups is 1. The number of hydrogen-bond acceptors (Lipinski definition) is 5. The summed E-state index contributed by atoms with van der Waals surface area (Å²) in [5.74, 6) is -5.79. The first kappa shape index (κ1) is 33.9. The summed E-state index contributed by atoms with van der Waals surface area (Å²) in [5, 5.41) is 6.95. The lowest BCUT2D eigenvalue weighted by atomic mass is 9.85. The predicted octanol–water partition coefficient (Wildman–Crippen LogP) is 7.22. The SMILES string of the molecule is CCC(C[C@H](CC)S(=O)(=O)c1cc(C(=O)Nc2cc(F)c(F)c(F)c2)ccc1Cl)C(NC(=O)Nc1cccnc1)C(C)C. The molecule has 3 N–H and O–H groups in total. The first-order chi connectivity index (χ1) is 20.3. The summed E-state index contributed by atoms with van der Waals surface area (Å²) in [7, 11) is -4.09. The molecule has 43 heavy (non-hydrogen) atoms. The Bertz CT molecular complexity index is 1540. The van der Waals surface area contributed by atoms with Crippen LogP contribution in [-0.4, -0.2) is 36.6 Å². The van der Waals surface area contributed by atoms with Crippen molar-refractivity contribution in [2.45, 2.75) is 63.1 Å². The Morgan fingerprint density at radius 2 is 1.63 bits per heavy atom. The lowest BCUT2D eigenvalue weighted by molar-refractivity contribution is 0.102. The molecule has 0 aliphatic rings. The molecule has 3 rings (SSSR count). The van der Waals surface area contributed by atoms with Crippen LogP contribution < -0.4 is 16.0 Å². The summed E-state index contributed by atoms with van der Waals surface area (Å²) in [6.45, 7) is 7.51. The fourth-order valence-corrected chi connectivity index (χ4v) is 7.24. The Labute approximate surface area is 254 Å². The van der Waals surface area contributed by atoms with Crippen molar-refractivity contribution in [3.8, 4) is 0 Å². The maximum atomic E-state index is 13.9. The van der Waals surface area contributed by atoms with Crippen LogP contribution >= 0.6 is 11.6 Å². The minimum atomic E-state index is -4.09. The van der Waals surface area contributed by atoms with Crippen molar-refractivity contribution in [1.29, 1.82) is 0 Å². The molecule has 3 amide bonds. The average Bonchev–Trinajstić information content (AvgIpc) is 2.96. The summed E-state index contributed by atoms with van der Waals surface area (Å²) in [6.07, 6.45) is 4.09.